The van der Waals surface area contributed by atoms with Crippen LogP contribution in [0.1, 0.15) is 50.4 Å². The molecule has 132 valence electrons. The van der Waals surface area contributed by atoms with Crippen LogP contribution in [-0.4, -0.2) is 40.3 Å². The Morgan fingerprint density at radius 2 is 2.20 bits per heavy atom. The number of hydrogen-bond donors (Lipinski definition) is 2. The molecule has 0 aliphatic carbocycles. The number of ether oxygens (including phenoxy) is 1. The van der Waals surface area contributed by atoms with Gasteiger partial charge in [0.2, 0.25) is 5.88 Å². The molecule has 25 heavy (non-hydrogen) atoms. The zero-order valence-corrected chi connectivity index (χ0v) is 14.8. The molecule has 1 saturated heterocycles. The number of nitrogen functional groups attached to an aromatic ring is 1. The Balaban J connectivity index is 1.92. The van der Waals surface area contributed by atoms with Gasteiger partial charge in [0.1, 0.15) is 10.7 Å². The number of methoxy groups -OCH3 is 1. The van der Waals surface area contributed by atoms with Gasteiger partial charge in [-0.1, -0.05) is 0 Å². The van der Waals surface area contributed by atoms with Crippen molar-refractivity contribution in [2.45, 2.75) is 25.8 Å². The highest BCUT2D eigenvalue weighted by Crippen LogP contribution is 2.35. The summed E-state index contributed by atoms with van der Waals surface area (Å²) in [5.74, 6) is 4.59. The van der Waals surface area contributed by atoms with Crippen LogP contribution in [-0.2, 0) is 0 Å². The molecule has 1 atom stereocenters. The van der Waals surface area contributed by atoms with E-state index in [0.29, 0.717) is 12.1 Å². The fraction of sp³-hybridized carbons (Fsp3) is 0.375. The van der Waals surface area contributed by atoms with E-state index in [1.165, 1.54) is 19.2 Å². The molecule has 0 saturated carbocycles. The van der Waals surface area contributed by atoms with Crippen molar-refractivity contribution in [2.24, 2.45) is 5.84 Å². The molecule has 1 fully saturated rings. The predicted octanol–water partition coefficient (Wildman–Crippen LogP) is 1.44. The Bertz CT molecular complexity index is 807. The first kappa shape index (κ1) is 17.3. The lowest BCUT2D eigenvalue weighted by Crippen LogP contribution is -2.33. The van der Waals surface area contributed by atoms with Crippen LogP contribution in [0.3, 0.4) is 0 Å². The molecule has 3 rings (SSSR count). The summed E-state index contributed by atoms with van der Waals surface area (Å²) >= 11 is 1.56. The van der Waals surface area contributed by atoms with Gasteiger partial charge in [-0.2, -0.15) is 0 Å². The number of hydrazine groups is 1. The predicted molar refractivity (Wildman–Crippen MR) is 92.3 cm³/mol. The zero-order valence-electron chi connectivity index (χ0n) is 14.0. The Hall–Kier alpha value is -2.52. The third kappa shape index (κ3) is 3.47. The van der Waals surface area contributed by atoms with Gasteiger partial charge in [0.05, 0.1) is 13.2 Å². The van der Waals surface area contributed by atoms with Gasteiger partial charge in [0.15, 0.2) is 0 Å². The van der Waals surface area contributed by atoms with E-state index in [1.54, 1.807) is 16.2 Å². The topological polar surface area (TPSA) is 110 Å². The number of nitrogens with two attached hydrogens (primary N) is 1. The fourth-order valence-electron chi connectivity index (χ4n) is 2.88. The molecule has 0 spiro atoms. The van der Waals surface area contributed by atoms with Crippen molar-refractivity contribution in [3.8, 4) is 5.88 Å². The number of hydrogen-bond acceptors (Lipinski definition) is 7. The van der Waals surface area contributed by atoms with E-state index >= 15 is 0 Å². The molecule has 0 radical (unpaired) electrons. The van der Waals surface area contributed by atoms with Crippen LogP contribution >= 0.6 is 11.3 Å². The van der Waals surface area contributed by atoms with Crippen LogP contribution in [0, 0.1) is 6.92 Å². The Morgan fingerprint density at radius 3 is 2.84 bits per heavy atom. The largest absolute Gasteiger partial charge is 0.481 e. The molecule has 8 nitrogen and oxygen atoms in total. The van der Waals surface area contributed by atoms with E-state index in [9.17, 15) is 9.59 Å². The number of pyridine rings is 1. The van der Waals surface area contributed by atoms with E-state index in [0.717, 1.165) is 23.5 Å². The molecule has 3 heterocycles. The number of likely N-dealkylation sites (tertiary alicyclic amines) is 1. The van der Waals surface area contributed by atoms with Gasteiger partial charge < -0.3 is 9.64 Å². The summed E-state index contributed by atoms with van der Waals surface area (Å²) in [5, 5.41) is 2.92. The van der Waals surface area contributed by atoms with Gasteiger partial charge in [-0.25, -0.2) is 15.8 Å². The quantitative estimate of drug-likeness (QED) is 0.484. The number of carbonyl (C=O) groups excluding carboxylic acids is 2. The van der Waals surface area contributed by atoms with E-state index in [-0.39, 0.29) is 23.5 Å². The van der Waals surface area contributed by atoms with Crippen molar-refractivity contribution >= 4 is 23.2 Å². The second-order valence-corrected chi connectivity index (χ2v) is 6.63. The average molecular weight is 361 g/mol. The monoisotopic (exact) mass is 361 g/mol. The molecule has 2 amide bonds. The average Bonchev–Trinajstić information content (AvgIpc) is 3.28. The SMILES string of the molecule is COc1cc(C(=O)N2CCC[C@@H]2c2nc(C)cs2)cc(C(=O)NN)n1. The molecular weight excluding hydrogens is 342 g/mol. The standard InChI is InChI=1S/C16H19N5O3S/c1-9-8-25-15(18-9)12-4-3-5-21(12)16(23)10-6-11(14(22)20-17)19-13(7-10)24-2/h6-8,12H,3-5,17H2,1-2H3,(H,20,22)/t12-/m1/s1. The summed E-state index contributed by atoms with van der Waals surface area (Å²) in [4.78, 5) is 35.1. The minimum Gasteiger partial charge on any atom is -0.481 e. The zero-order chi connectivity index (χ0) is 18.0. The van der Waals surface area contributed by atoms with Crippen molar-refractivity contribution in [1.29, 1.82) is 0 Å². The van der Waals surface area contributed by atoms with Crippen molar-refractivity contribution in [2.75, 3.05) is 13.7 Å². The summed E-state index contributed by atoms with van der Waals surface area (Å²) in [6.07, 6.45) is 1.78. The number of rotatable bonds is 4. The molecule has 0 bridgehead atoms. The number of carbonyl (C=O) groups is 2. The second kappa shape index (κ2) is 7.16. The first-order valence-corrected chi connectivity index (χ1v) is 8.71. The lowest BCUT2D eigenvalue weighted by atomic mass is 10.1. The number of thiazole rings is 1. The number of amides is 2. The summed E-state index contributed by atoms with van der Waals surface area (Å²) in [5.41, 5.74) is 3.34. The molecule has 9 heteroatoms. The van der Waals surface area contributed by atoms with E-state index in [1.807, 2.05) is 17.7 Å². The maximum atomic E-state index is 13.0. The van der Waals surface area contributed by atoms with Gasteiger partial charge >= 0.3 is 0 Å². The van der Waals surface area contributed by atoms with Gasteiger partial charge in [-0.3, -0.25) is 15.0 Å². The molecule has 2 aromatic rings. The number of nitrogens with zero attached hydrogens (tertiary/aromatic N) is 3. The van der Waals surface area contributed by atoms with E-state index < -0.39 is 5.91 Å². The van der Waals surface area contributed by atoms with Gasteiger partial charge in [0, 0.05) is 29.2 Å². The van der Waals surface area contributed by atoms with Crippen LogP contribution < -0.4 is 16.0 Å². The number of nitrogens with one attached hydrogen (secondary N) is 1. The third-order valence-corrected chi connectivity index (χ3v) is 5.12. The summed E-state index contributed by atoms with van der Waals surface area (Å²) in [6.45, 7) is 2.58. The summed E-state index contributed by atoms with van der Waals surface area (Å²) < 4.78 is 5.10. The molecule has 2 aromatic heterocycles. The first-order valence-electron chi connectivity index (χ1n) is 7.83. The van der Waals surface area contributed by atoms with Crippen molar-refractivity contribution in [3.63, 3.8) is 0 Å². The normalized spacial score (nSPS) is 16.8. The van der Waals surface area contributed by atoms with Crippen LogP contribution in [0.25, 0.3) is 0 Å². The fourth-order valence-corrected chi connectivity index (χ4v) is 3.82. The highest BCUT2D eigenvalue weighted by Gasteiger charge is 2.33. The first-order chi connectivity index (χ1) is 12.0. The van der Waals surface area contributed by atoms with Crippen LogP contribution in [0.2, 0.25) is 0 Å². The van der Waals surface area contributed by atoms with Gasteiger partial charge in [-0.05, 0) is 25.8 Å². The summed E-state index contributed by atoms with van der Waals surface area (Å²) in [6, 6.07) is 2.91. The minimum absolute atomic E-state index is 0.0334. The molecular formula is C16H19N5O3S. The molecule has 3 N–H and O–H groups in total. The van der Waals surface area contributed by atoms with Crippen LogP contribution in [0.5, 0.6) is 5.88 Å². The van der Waals surface area contributed by atoms with E-state index in [4.69, 9.17) is 10.6 Å². The lowest BCUT2D eigenvalue weighted by Gasteiger charge is -2.23. The Labute approximate surface area is 149 Å². The maximum Gasteiger partial charge on any atom is 0.283 e. The molecule has 0 aromatic carbocycles. The highest BCUT2D eigenvalue weighted by molar-refractivity contribution is 7.09. The number of aromatic nitrogens is 2. The lowest BCUT2D eigenvalue weighted by molar-refractivity contribution is 0.0734. The molecule has 0 unspecified atom stereocenters. The maximum absolute atomic E-state index is 13.0. The van der Waals surface area contributed by atoms with Crippen molar-refractivity contribution in [1.82, 2.24) is 20.3 Å². The van der Waals surface area contributed by atoms with Crippen LogP contribution in [0.15, 0.2) is 17.5 Å². The highest BCUT2D eigenvalue weighted by atomic mass is 32.1. The van der Waals surface area contributed by atoms with Crippen molar-refractivity contribution in [3.05, 3.63) is 39.5 Å². The van der Waals surface area contributed by atoms with E-state index in [2.05, 4.69) is 9.97 Å². The molecule has 1 aliphatic rings. The Morgan fingerprint density at radius 1 is 1.40 bits per heavy atom. The second-order valence-electron chi connectivity index (χ2n) is 5.74. The summed E-state index contributed by atoms with van der Waals surface area (Å²) in [7, 11) is 1.43. The number of aryl methyl sites for hydroxylation is 1. The van der Waals surface area contributed by atoms with Crippen molar-refractivity contribution < 1.29 is 14.3 Å². The van der Waals surface area contributed by atoms with Gasteiger partial charge in [0.25, 0.3) is 11.8 Å². The van der Waals surface area contributed by atoms with Crippen LogP contribution in [0.4, 0.5) is 0 Å². The molecule has 1 aliphatic heterocycles. The Kier molecular flexibility index (Phi) is 4.95. The third-order valence-electron chi connectivity index (χ3n) is 4.06. The minimum atomic E-state index is -0.582. The van der Waals surface area contributed by atoms with Gasteiger partial charge in [-0.15, -0.1) is 11.3 Å². The smallest absolute Gasteiger partial charge is 0.283 e.